The number of hydrogen-bond acceptors (Lipinski definition) is 2. The van der Waals surface area contributed by atoms with E-state index in [2.05, 4.69) is 23.2 Å². The van der Waals surface area contributed by atoms with E-state index >= 15 is 0 Å². The zero-order valence-corrected chi connectivity index (χ0v) is 6.38. The maximum absolute atomic E-state index is 3.12. The van der Waals surface area contributed by atoms with E-state index in [-0.39, 0.29) is 12.3 Å². The van der Waals surface area contributed by atoms with Crippen LogP contribution in [0.5, 0.6) is 0 Å². The first kappa shape index (κ1) is 9.68. The average molecular weight is 151 g/mol. The van der Waals surface area contributed by atoms with Crippen molar-refractivity contribution in [3.05, 3.63) is 36.5 Å². The number of rotatable bonds is 0. The molecule has 2 aromatic rings. The van der Waals surface area contributed by atoms with Crippen LogP contribution < -0.4 is 12.3 Å². The van der Waals surface area contributed by atoms with E-state index in [9.17, 15) is 0 Å². The Morgan fingerprint density at radius 3 is 2.36 bits per heavy atom. The van der Waals surface area contributed by atoms with Crippen LogP contribution in [0.2, 0.25) is 0 Å². The van der Waals surface area contributed by atoms with E-state index < -0.39 is 0 Å². The van der Waals surface area contributed by atoms with Gasteiger partial charge in [-0.05, 0) is 17.5 Å². The van der Waals surface area contributed by atoms with Crippen LogP contribution in [0.4, 0.5) is 0 Å². The highest BCUT2D eigenvalue weighted by atomic mass is 14.6. The number of para-hydroxylation sites is 1. The van der Waals surface area contributed by atoms with E-state index in [1.807, 2.05) is 18.3 Å². The van der Waals surface area contributed by atoms with Gasteiger partial charge < -0.3 is 17.3 Å². The molecular weight excluding hydrogens is 138 g/mol. The highest BCUT2D eigenvalue weighted by molar-refractivity contribution is 5.78. The normalized spacial score (nSPS) is 8.36. The molecule has 0 aliphatic carbocycles. The lowest BCUT2D eigenvalue weighted by molar-refractivity contribution is 1.48. The van der Waals surface area contributed by atoms with E-state index in [1.54, 1.807) is 0 Å². The van der Waals surface area contributed by atoms with Gasteiger partial charge in [-0.1, -0.05) is 18.2 Å². The van der Waals surface area contributed by atoms with Crippen LogP contribution in [0.3, 0.4) is 0 Å². The molecule has 0 aliphatic heterocycles. The molecule has 3 heteroatoms. The summed E-state index contributed by atoms with van der Waals surface area (Å²) in [5, 5.41) is 1.28. The Kier molecular flexibility index (Phi) is 3.30. The molecule has 0 aliphatic rings. The molecule has 0 amide bonds. The fourth-order valence-corrected chi connectivity index (χ4v) is 0.995. The SMILES string of the molecule is N.N.c1ccc2[nH]ccc2c1. The predicted octanol–water partition coefficient (Wildman–Crippen LogP) is 2.49. The van der Waals surface area contributed by atoms with Gasteiger partial charge in [-0.3, -0.25) is 0 Å². The lowest BCUT2D eigenvalue weighted by atomic mass is 10.3. The molecule has 3 nitrogen and oxygen atoms in total. The van der Waals surface area contributed by atoms with Crippen molar-refractivity contribution in [1.82, 2.24) is 17.3 Å². The number of hydrogen-bond donors (Lipinski definition) is 3. The number of aromatic amines is 1. The van der Waals surface area contributed by atoms with Gasteiger partial charge >= 0.3 is 0 Å². The molecule has 0 atom stereocenters. The lowest BCUT2D eigenvalue weighted by Crippen LogP contribution is -1.61. The van der Waals surface area contributed by atoms with Crippen LogP contribution in [-0.4, -0.2) is 4.98 Å². The quantitative estimate of drug-likeness (QED) is 0.540. The smallest absolute Gasteiger partial charge is 0.0453 e. The molecule has 11 heavy (non-hydrogen) atoms. The lowest BCUT2D eigenvalue weighted by Gasteiger charge is -1.83. The van der Waals surface area contributed by atoms with Gasteiger partial charge in [0.25, 0.3) is 0 Å². The van der Waals surface area contributed by atoms with Crippen LogP contribution in [-0.2, 0) is 0 Å². The minimum Gasteiger partial charge on any atom is -0.361 e. The molecule has 0 spiro atoms. The van der Waals surface area contributed by atoms with Crippen LogP contribution in [0.25, 0.3) is 10.9 Å². The zero-order valence-electron chi connectivity index (χ0n) is 6.38. The summed E-state index contributed by atoms with van der Waals surface area (Å²) in [6.07, 6.45) is 1.95. The summed E-state index contributed by atoms with van der Waals surface area (Å²) in [6.45, 7) is 0. The number of fused-ring (bicyclic) bond motifs is 1. The minimum atomic E-state index is 0. The number of H-pyrrole nitrogens is 1. The van der Waals surface area contributed by atoms with Crippen molar-refractivity contribution in [2.24, 2.45) is 0 Å². The van der Waals surface area contributed by atoms with Crippen LogP contribution in [0, 0.1) is 0 Å². The first-order valence-electron chi connectivity index (χ1n) is 2.99. The van der Waals surface area contributed by atoms with Gasteiger partial charge in [-0.2, -0.15) is 0 Å². The summed E-state index contributed by atoms with van der Waals surface area (Å²) in [6, 6.07) is 10.3. The van der Waals surface area contributed by atoms with E-state index in [0.29, 0.717) is 0 Å². The van der Waals surface area contributed by atoms with Gasteiger partial charge in [-0.25, -0.2) is 0 Å². The van der Waals surface area contributed by atoms with Crippen molar-refractivity contribution >= 4 is 10.9 Å². The summed E-state index contributed by atoms with van der Waals surface area (Å²) in [4.78, 5) is 3.12. The van der Waals surface area contributed by atoms with Gasteiger partial charge in [0.1, 0.15) is 0 Å². The monoisotopic (exact) mass is 151 g/mol. The molecule has 0 unspecified atom stereocenters. The fourth-order valence-electron chi connectivity index (χ4n) is 0.995. The highest BCUT2D eigenvalue weighted by Gasteiger charge is 1.86. The molecule has 0 saturated heterocycles. The molecular formula is C8H13N3. The first-order valence-corrected chi connectivity index (χ1v) is 2.99. The van der Waals surface area contributed by atoms with Gasteiger partial charge in [-0.15, -0.1) is 0 Å². The average Bonchev–Trinajstić information content (AvgIpc) is 2.33. The standard InChI is InChI=1S/C8H7N.2H3N/c1-2-4-8-7(3-1)5-6-9-8;;/h1-6,9H;2*1H3. The fraction of sp³-hybridized carbons (Fsp3) is 0. The molecule has 60 valence electrons. The second-order valence-electron chi connectivity index (χ2n) is 2.06. The van der Waals surface area contributed by atoms with Crippen molar-refractivity contribution in [3.63, 3.8) is 0 Å². The largest absolute Gasteiger partial charge is 0.361 e. The molecule has 0 fully saturated rings. The van der Waals surface area contributed by atoms with Gasteiger partial charge in [0.2, 0.25) is 0 Å². The van der Waals surface area contributed by atoms with Crippen molar-refractivity contribution in [2.45, 2.75) is 0 Å². The Hall–Kier alpha value is -1.32. The third-order valence-electron chi connectivity index (χ3n) is 1.46. The maximum Gasteiger partial charge on any atom is 0.0453 e. The molecule has 1 aromatic heterocycles. The molecule has 0 radical (unpaired) electrons. The number of benzene rings is 1. The second-order valence-corrected chi connectivity index (χ2v) is 2.06. The third-order valence-corrected chi connectivity index (χ3v) is 1.46. The first-order chi connectivity index (χ1) is 4.47. The summed E-state index contributed by atoms with van der Waals surface area (Å²) in [5.74, 6) is 0. The van der Waals surface area contributed by atoms with E-state index in [0.717, 1.165) is 0 Å². The third kappa shape index (κ3) is 1.58. The molecule has 7 N–H and O–H groups in total. The van der Waals surface area contributed by atoms with Gasteiger partial charge in [0.15, 0.2) is 0 Å². The molecule has 1 heterocycles. The van der Waals surface area contributed by atoms with Crippen molar-refractivity contribution in [2.75, 3.05) is 0 Å². The van der Waals surface area contributed by atoms with Gasteiger partial charge in [0.05, 0.1) is 0 Å². The Morgan fingerprint density at radius 1 is 0.909 bits per heavy atom. The van der Waals surface area contributed by atoms with E-state index in [1.165, 1.54) is 10.9 Å². The molecule has 0 saturated carbocycles. The summed E-state index contributed by atoms with van der Waals surface area (Å²) >= 11 is 0. The van der Waals surface area contributed by atoms with Gasteiger partial charge in [0, 0.05) is 11.7 Å². The maximum atomic E-state index is 3.12. The summed E-state index contributed by atoms with van der Waals surface area (Å²) in [5.41, 5.74) is 1.21. The Morgan fingerprint density at radius 2 is 1.64 bits per heavy atom. The van der Waals surface area contributed by atoms with Crippen LogP contribution >= 0.6 is 0 Å². The highest BCUT2D eigenvalue weighted by Crippen LogP contribution is 2.09. The van der Waals surface area contributed by atoms with Crippen molar-refractivity contribution in [1.29, 1.82) is 0 Å². The zero-order chi connectivity index (χ0) is 6.10. The Labute approximate surface area is 65.6 Å². The summed E-state index contributed by atoms with van der Waals surface area (Å²) < 4.78 is 0. The van der Waals surface area contributed by atoms with Crippen LogP contribution in [0.1, 0.15) is 0 Å². The Bertz CT molecular complexity index is 283. The topological polar surface area (TPSA) is 85.8 Å². The Balaban J connectivity index is 0.000000500. The van der Waals surface area contributed by atoms with E-state index in [4.69, 9.17) is 0 Å². The minimum absolute atomic E-state index is 0. The van der Waals surface area contributed by atoms with Crippen LogP contribution in [0.15, 0.2) is 36.5 Å². The number of nitrogens with one attached hydrogen (secondary N) is 1. The molecule has 2 rings (SSSR count). The van der Waals surface area contributed by atoms with Crippen molar-refractivity contribution < 1.29 is 0 Å². The van der Waals surface area contributed by atoms with Crippen molar-refractivity contribution in [3.8, 4) is 0 Å². The molecule has 1 aromatic carbocycles. The number of aromatic nitrogens is 1. The molecule has 0 bridgehead atoms. The second kappa shape index (κ2) is 3.75. The summed E-state index contributed by atoms with van der Waals surface area (Å²) in [7, 11) is 0. The predicted molar refractivity (Wildman–Crippen MR) is 48.3 cm³/mol.